The molecule has 2 rings (SSSR count). The molecule has 1 heterocycles. The number of aryl methyl sites for hydroxylation is 1. The van der Waals surface area contributed by atoms with Gasteiger partial charge in [0.1, 0.15) is 0 Å². The predicted molar refractivity (Wildman–Crippen MR) is 60.2 cm³/mol. The number of nitrogens with zero attached hydrogens (tertiary/aromatic N) is 1. The van der Waals surface area contributed by atoms with Gasteiger partial charge in [-0.1, -0.05) is 12.1 Å². The molecule has 76 valence electrons. The third-order valence-electron chi connectivity index (χ3n) is 2.96. The highest BCUT2D eigenvalue weighted by Crippen LogP contribution is 2.19. The molecular weight excluding hydrogens is 172 g/mol. The Kier molecular flexibility index (Phi) is 2.73. The van der Waals surface area contributed by atoms with Crippen molar-refractivity contribution < 1.29 is 0 Å². The van der Waals surface area contributed by atoms with E-state index in [0.717, 1.165) is 11.6 Å². The van der Waals surface area contributed by atoms with Crippen molar-refractivity contribution in [2.75, 3.05) is 25.9 Å². The lowest BCUT2D eigenvalue weighted by Gasteiger charge is -2.36. The van der Waals surface area contributed by atoms with Gasteiger partial charge < -0.3 is 10.6 Å². The van der Waals surface area contributed by atoms with Crippen LogP contribution in [0.4, 0.5) is 5.69 Å². The Labute approximate surface area is 85.7 Å². The summed E-state index contributed by atoms with van der Waals surface area (Å²) in [5.41, 5.74) is 7.90. The summed E-state index contributed by atoms with van der Waals surface area (Å²) in [7, 11) is 2.18. The molecule has 0 bridgehead atoms. The van der Waals surface area contributed by atoms with Gasteiger partial charge in [-0.25, -0.2) is 0 Å². The molecule has 1 aromatic carbocycles. The van der Waals surface area contributed by atoms with E-state index in [2.05, 4.69) is 24.1 Å². The van der Waals surface area contributed by atoms with Crippen LogP contribution in [-0.4, -0.2) is 25.0 Å². The van der Waals surface area contributed by atoms with Gasteiger partial charge >= 0.3 is 0 Å². The molecule has 0 radical (unpaired) electrons. The van der Waals surface area contributed by atoms with Gasteiger partial charge in [0.05, 0.1) is 0 Å². The monoisotopic (exact) mass is 190 g/mol. The number of likely N-dealkylation sites (tertiary alicyclic amines) is 1. The second-order valence-corrected chi connectivity index (χ2v) is 4.37. The third kappa shape index (κ3) is 2.26. The van der Waals surface area contributed by atoms with Crippen molar-refractivity contribution in [2.45, 2.75) is 12.8 Å². The minimum absolute atomic E-state index is 0.858. The number of rotatable bonds is 3. The fourth-order valence-corrected chi connectivity index (χ4v) is 2.07. The molecule has 0 atom stereocenters. The van der Waals surface area contributed by atoms with Crippen molar-refractivity contribution in [1.82, 2.24) is 4.90 Å². The van der Waals surface area contributed by atoms with Crippen LogP contribution in [0.25, 0.3) is 0 Å². The van der Waals surface area contributed by atoms with E-state index in [1.165, 1.54) is 31.5 Å². The topological polar surface area (TPSA) is 29.3 Å². The fraction of sp³-hybridized carbons (Fsp3) is 0.500. The zero-order valence-corrected chi connectivity index (χ0v) is 8.74. The van der Waals surface area contributed by atoms with Gasteiger partial charge in [-0.3, -0.25) is 0 Å². The maximum absolute atomic E-state index is 5.63. The Morgan fingerprint density at radius 1 is 1.29 bits per heavy atom. The number of hydrogen-bond acceptors (Lipinski definition) is 2. The van der Waals surface area contributed by atoms with E-state index in [0.29, 0.717) is 0 Å². The Hall–Kier alpha value is -1.02. The highest BCUT2D eigenvalue weighted by atomic mass is 15.2. The quantitative estimate of drug-likeness (QED) is 0.736. The Bertz CT molecular complexity index is 286. The lowest BCUT2D eigenvalue weighted by atomic mass is 9.93. The summed E-state index contributed by atoms with van der Waals surface area (Å²) >= 11 is 0. The maximum atomic E-state index is 5.63. The molecule has 1 fully saturated rings. The van der Waals surface area contributed by atoms with Crippen LogP contribution in [0.2, 0.25) is 0 Å². The average Bonchev–Trinajstić information content (AvgIpc) is 2.13. The Morgan fingerprint density at radius 3 is 2.50 bits per heavy atom. The molecule has 2 heteroatoms. The molecular formula is C12H18N2. The van der Waals surface area contributed by atoms with E-state index < -0.39 is 0 Å². The van der Waals surface area contributed by atoms with Crippen molar-refractivity contribution in [3.8, 4) is 0 Å². The number of nitrogen functional groups attached to an aromatic ring is 1. The number of benzene rings is 1. The Morgan fingerprint density at radius 2 is 1.93 bits per heavy atom. The van der Waals surface area contributed by atoms with Crippen molar-refractivity contribution >= 4 is 5.69 Å². The van der Waals surface area contributed by atoms with Crippen LogP contribution in [0.5, 0.6) is 0 Å². The van der Waals surface area contributed by atoms with Crippen molar-refractivity contribution in [3.05, 3.63) is 29.8 Å². The average molecular weight is 190 g/mol. The molecule has 0 unspecified atom stereocenters. The molecule has 2 nitrogen and oxygen atoms in total. The first-order valence-corrected chi connectivity index (χ1v) is 5.27. The summed E-state index contributed by atoms with van der Waals surface area (Å²) in [6.07, 6.45) is 2.51. The summed E-state index contributed by atoms with van der Waals surface area (Å²) in [5.74, 6) is 0.914. The third-order valence-corrected chi connectivity index (χ3v) is 2.96. The van der Waals surface area contributed by atoms with Gasteiger partial charge in [-0.2, -0.15) is 0 Å². The number of anilines is 1. The maximum Gasteiger partial charge on any atom is 0.0314 e. The standard InChI is InChI=1S/C12H18N2/c1-14-8-11(9-14)3-2-10-4-6-12(13)7-5-10/h4-7,11H,2-3,8-9,13H2,1H3. The summed E-state index contributed by atoms with van der Waals surface area (Å²) in [5, 5.41) is 0. The van der Waals surface area contributed by atoms with Crippen LogP contribution >= 0.6 is 0 Å². The van der Waals surface area contributed by atoms with Crippen LogP contribution in [0, 0.1) is 5.92 Å². The SMILES string of the molecule is CN1CC(CCc2ccc(N)cc2)C1. The second kappa shape index (κ2) is 4.01. The molecule has 0 amide bonds. The van der Waals surface area contributed by atoms with Gasteiger partial charge in [0.15, 0.2) is 0 Å². The Balaban J connectivity index is 1.78. The van der Waals surface area contributed by atoms with Gasteiger partial charge in [-0.15, -0.1) is 0 Å². The molecule has 0 saturated carbocycles. The molecule has 1 aromatic rings. The minimum atomic E-state index is 0.858. The van der Waals surface area contributed by atoms with E-state index in [-0.39, 0.29) is 0 Å². The van der Waals surface area contributed by atoms with Gasteiger partial charge in [0.25, 0.3) is 0 Å². The first kappa shape index (κ1) is 9.53. The molecule has 0 spiro atoms. The van der Waals surface area contributed by atoms with E-state index >= 15 is 0 Å². The smallest absolute Gasteiger partial charge is 0.0314 e. The van der Waals surface area contributed by atoms with Crippen LogP contribution in [0.1, 0.15) is 12.0 Å². The van der Waals surface area contributed by atoms with Gasteiger partial charge in [0, 0.05) is 18.8 Å². The van der Waals surface area contributed by atoms with Crippen LogP contribution in [-0.2, 0) is 6.42 Å². The number of hydrogen-bond donors (Lipinski definition) is 1. The van der Waals surface area contributed by atoms with Crippen molar-refractivity contribution in [2.24, 2.45) is 5.92 Å². The molecule has 1 aliphatic heterocycles. The van der Waals surface area contributed by atoms with Crippen LogP contribution < -0.4 is 5.73 Å². The van der Waals surface area contributed by atoms with Gasteiger partial charge in [-0.05, 0) is 43.5 Å². The van der Waals surface area contributed by atoms with Crippen LogP contribution in [0.3, 0.4) is 0 Å². The zero-order chi connectivity index (χ0) is 9.97. The van der Waals surface area contributed by atoms with E-state index in [1.807, 2.05) is 12.1 Å². The number of nitrogens with two attached hydrogens (primary N) is 1. The molecule has 1 saturated heterocycles. The summed E-state index contributed by atoms with van der Waals surface area (Å²) in [6, 6.07) is 8.25. The summed E-state index contributed by atoms with van der Waals surface area (Å²) < 4.78 is 0. The lowest BCUT2D eigenvalue weighted by Crippen LogP contribution is -2.43. The first-order valence-electron chi connectivity index (χ1n) is 5.27. The second-order valence-electron chi connectivity index (χ2n) is 4.37. The first-order chi connectivity index (χ1) is 6.74. The predicted octanol–water partition coefficient (Wildman–Crippen LogP) is 1.76. The van der Waals surface area contributed by atoms with Gasteiger partial charge in [0.2, 0.25) is 0 Å². The van der Waals surface area contributed by atoms with E-state index in [9.17, 15) is 0 Å². The molecule has 0 aromatic heterocycles. The fourth-order valence-electron chi connectivity index (χ4n) is 2.07. The zero-order valence-electron chi connectivity index (χ0n) is 8.74. The molecule has 2 N–H and O–H groups in total. The summed E-state index contributed by atoms with van der Waals surface area (Å²) in [6.45, 7) is 2.55. The molecule has 14 heavy (non-hydrogen) atoms. The largest absolute Gasteiger partial charge is 0.399 e. The minimum Gasteiger partial charge on any atom is -0.399 e. The van der Waals surface area contributed by atoms with Crippen LogP contribution in [0.15, 0.2) is 24.3 Å². The highest BCUT2D eigenvalue weighted by Gasteiger charge is 2.22. The normalized spacial score (nSPS) is 18.1. The molecule has 0 aliphatic carbocycles. The lowest BCUT2D eigenvalue weighted by molar-refractivity contribution is 0.127. The van der Waals surface area contributed by atoms with Crippen molar-refractivity contribution in [3.63, 3.8) is 0 Å². The summed E-state index contributed by atoms with van der Waals surface area (Å²) in [4.78, 5) is 2.37. The van der Waals surface area contributed by atoms with E-state index in [4.69, 9.17) is 5.73 Å². The van der Waals surface area contributed by atoms with Crippen molar-refractivity contribution in [1.29, 1.82) is 0 Å². The van der Waals surface area contributed by atoms with E-state index in [1.54, 1.807) is 0 Å². The highest BCUT2D eigenvalue weighted by molar-refractivity contribution is 5.39. The molecule has 1 aliphatic rings.